The van der Waals surface area contributed by atoms with Crippen molar-refractivity contribution >= 4 is 16.7 Å². The number of benzene rings is 1. The van der Waals surface area contributed by atoms with E-state index in [-0.39, 0.29) is 0 Å². The van der Waals surface area contributed by atoms with Crippen LogP contribution in [-0.2, 0) is 0 Å². The highest BCUT2D eigenvalue weighted by Gasteiger charge is 2.13. The van der Waals surface area contributed by atoms with Crippen molar-refractivity contribution in [3.63, 3.8) is 0 Å². The van der Waals surface area contributed by atoms with Gasteiger partial charge in [0, 0.05) is 34.6 Å². The summed E-state index contributed by atoms with van der Waals surface area (Å²) in [5.41, 5.74) is 11.5. The molecule has 0 bridgehead atoms. The molecule has 0 saturated carbocycles. The van der Waals surface area contributed by atoms with Crippen molar-refractivity contribution in [2.45, 2.75) is 0 Å². The smallest absolute Gasteiger partial charge is 0.137 e. The van der Waals surface area contributed by atoms with E-state index in [2.05, 4.69) is 20.2 Å². The molecule has 5 nitrogen and oxygen atoms in total. The van der Waals surface area contributed by atoms with Crippen LogP contribution in [0.5, 0.6) is 0 Å². The number of pyridine rings is 1. The summed E-state index contributed by atoms with van der Waals surface area (Å²) in [6.07, 6.45) is 5.53. The highest BCUT2D eigenvalue weighted by atomic mass is 15.1. The first-order valence-electron chi connectivity index (χ1n) is 6.65. The fourth-order valence-corrected chi connectivity index (χ4v) is 2.56. The van der Waals surface area contributed by atoms with Gasteiger partial charge in [-0.05, 0) is 29.8 Å². The summed E-state index contributed by atoms with van der Waals surface area (Å²) in [5.74, 6) is 0. The van der Waals surface area contributed by atoms with E-state index in [0.29, 0.717) is 0 Å². The fraction of sp³-hybridized carbons (Fsp3) is 0. The number of nitrogens with one attached hydrogen (secondary N) is 2. The fourth-order valence-electron chi connectivity index (χ4n) is 2.56. The predicted molar refractivity (Wildman–Crippen MR) is 83.5 cm³/mol. The zero-order valence-electron chi connectivity index (χ0n) is 11.2. The first-order valence-corrected chi connectivity index (χ1v) is 6.65. The number of nitrogens with two attached hydrogens (primary N) is 1. The van der Waals surface area contributed by atoms with Gasteiger partial charge in [-0.2, -0.15) is 5.10 Å². The zero-order valence-corrected chi connectivity index (χ0v) is 11.2. The van der Waals surface area contributed by atoms with Gasteiger partial charge in [-0.15, -0.1) is 0 Å². The number of anilines is 1. The molecule has 5 heteroatoms. The normalized spacial score (nSPS) is 11.0. The van der Waals surface area contributed by atoms with E-state index in [4.69, 9.17) is 5.73 Å². The van der Waals surface area contributed by atoms with Crippen LogP contribution in [0, 0.1) is 0 Å². The van der Waals surface area contributed by atoms with Crippen LogP contribution in [0.2, 0.25) is 0 Å². The van der Waals surface area contributed by atoms with Crippen LogP contribution in [0.15, 0.2) is 55.0 Å². The summed E-state index contributed by atoms with van der Waals surface area (Å²) in [5, 5.41) is 8.36. The summed E-state index contributed by atoms with van der Waals surface area (Å²) in [6.45, 7) is 0. The molecule has 0 amide bonds. The standard InChI is InChI=1S/C16H13N5/c17-11-3-1-10(2-4-11)15-14(9-20-21-15)12-5-7-18-16-13(12)6-8-19-16/h1-9H,17H2,(H,18,19)(H,20,21). The van der Waals surface area contributed by atoms with Gasteiger partial charge in [0.1, 0.15) is 5.65 Å². The van der Waals surface area contributed by atoms with Crippen LogP contribution in [-0.4, -0.2) is 20.2 Å². The SMILES string of the molecule is Nc1ccc(-c2[nH]ncc2-c2ccnc3[nH]ccc23)cc1. The maximum absolute atomic E-state index is 5.75. The molecule has 0 aliphatic rings. The van der Waals surface area contributed by atoms with Gasteiger partial charge in [0.05, 0.1) is 11.9 Å². The largest absolute Gasteiger partial charge is 0.399 e. The number of H-pyrrole nitrogens is 2. The highest BCUT2D eigenvalue weighted by Crippen LogP contribution is 2.33. The number of aromatic nitrogens is 4. The van der Waals surface area contributed by atoms with E-state index >= 15 is 0 Å². The average Bonchev–Trinajstić information content (AvgIpc) is 3.16. The van der Waals surface area contributed by atoms with Crippen molar-refractivity contribution < 1.29 is 0 Å². The molecule has 4 rings (SSSR count). The second-order valence-electron chi connectivity index (χ2n) is 4.88. The van der Waals surface area contributed by atoms with E-state index in [1.54, 1.807) is 6.20 Å². The minimum atomic E-state index is 0.747. The molecule has 102 valence electrons. The lowest BCUT2D eigenvalue weighted by Gasteiger charge is -2.05. The Balaban J connectivity index is 1.93. The molecular weight excluding hydrogens is 262 g/mol. The summed E-state index contributed by atoms with van der Waals surface area (Å²) < 4.78 is 0. The number of hydrogen-bond donors (Lipinski definition) is 3. The van der Waals surface area contributed by atoms with Gasteiger partial charge >= 0.3 is 0 Å². The van der Waals surface area contributed by atoms with Crippen LogP contribution >= 0.6 is 0 Å². The molecule has 0 aliphatic carbocycles. The van der Waals surface area contributed by atoms with Crippen molar-refractivity contribution in [2.24, 2.45) is 0 Å². The molecule has 4 aromatic rings. The zero-order chi connectivity index (χ0) is 14.2. The van der Waals surface area contributed by atoms with Crippen LogP contribution < -0.4 is 5.73 Å². The Morgan fingerprint density at radius 3 is 2.67 bits per heavy atom. The second-order valence-corrected chi connectivity index (χ2v) is 4.88. The maximum atomic E-state index is 5.75. The number of fused-ring (bicyclic) bond motifs is 1. The second kappa shape index (κ2) is 4.49. The topological polar surface area (TPSA) is 83.4 Å². The van der Waals surface area contributed by atoms with Gasteiger partial charge in [0.15, 0.2) is 0 Å². The van der Waals surface area contributed by atoms with Crippen molar-refractivity contribution in [3.8, 4) is 22.4 Å². The molecule has 3 heterocycles. The molecule has 0 atom stereocenters. The van der Waals surface area contributed by atoms with Crippen LogP contribution in [0.1, 0.15) is 0 Å². The lowest BCUT2D eigenvalue weighted by Crippen LogP contribution is -1.87. The Morgan fingerprint density at radius 2 is 1.81 bits per heavy atom. The van der Waals surface area contributed by atoms with Crippen molar-refractivity contribution in [2.75, 3.05) is 5.73 Å². The third-order valence-electron chi connectivity index (χ3n) is 3.59. The molecule has 4 N–H and O–H groups in total. The highest BCUT2D eigenvalue weighted by molar-refractivity contribution is 5.96. The van der Waals surface area contributed by atoms with Crippen LogP contribution in [0.4, 0.5) is 5.69 Å². The van der Waals surface area contributed by atoms with Gasteiger partial charge in [-0.3, -0.25) is 5.10 Å². The first-order chi connectivity index (χ1) is 10.3. The van der Waals surface area contributed by atoms with Gasteiger partial charge in [0.2, 0.25) is 0 Å². The third kappa shape index (κ3) is 1.87. The van der Waals surface area contributed by atoms with Crippen LogP contribution in [0.25, 0.3) is 33.4 Å². The number of nitrogens with zero attached hydrogens (tertiary/aromatic N) is 2. The summed E-state index contributed by atoms with van der Waals surface area (Å²) in [6, 6.07) is 11.8. The molecule has 0 unspecified atom stereocenters. The average molecular weight is 275 g/mol. The monoisotopic (exact) mass is 275 g/mol. The molecule has 0 spiro atoms. The Morgan fingerprint density at radius 1 is 0.952 bits per heavy atom. The lowest BCUT2D eigenvalue weighted by atomic mass is 10.0. The Labute approximate surface area is 120 Å². The molecule has 3 aromatic heterocycles. The molecule has 1 aromatic carbocycles. The summed E-state index contributed by atoms with van der Waals surface area (Å²) >= 11 is 0. The predicted octanol–water partition coefficient (Wildman–Crippen LogP) is 3.20. The number of nitrogen functional groups attached to an aromatic ring is 1. The van der Waals surface area contributed by atoms with E-state index in [0.717, 1.165) is 39.1 Å². The van der Waals surface area contributed by atoms with Gasteiger partial charge in [0.25, 0.3) is 0 Å². The Bertz CT molecular complexity index is 902. The quantitative estimate of drug-likeness (QED) is 0.491. The number of rotatable bonds is 2. The van der Waals surface area contributed by atoms with Gasteiger partial charge in [-0.1, -0.05) is 12.1 Å². The molecule has 0 saturated heterocycles. The van der Waals surface area contributed by atoms with Crippen LogP contribution in [0.3, 0.4) is 0 Å². The Kier molecular flexibility index (Phi) is 2.50. The maximum Gasteiger partial charge on any atom is 0.137 e. The first kappa shape index (κ1) is 11.7. The van der Waals surface area contributed by atoms with E-state index in [1.165, 1.54) is 0 Å². The van der Waals surface area contributed by atoms with Gasteiger partial charge < -0.3 is 10.7 Å². The minimum absolute atomic E-state index is 0.747. The molecular formula is C16H13N5. The molecule has 0 aliphatic heterocycles. The van der Waals surface area contributed by atoms with Crippen molar-refractivity contribution in [3.05, 3.63) is 55.0 Å². The number of aromatic amines is 2. The van der Waals surface area contributed by atoms with Gasteiger partial charge in [-0.25, -0.2) is 4.98 Å². The molecule has 0 radical (unpaired) electrons. The van der Waals surface area contributed by atoms with E-state index < -0.39 is 0 Å². The summed E-state index contributed by atoms with van der Waals surface area (Å²) in [7, 11) is 0. The number of hydrogen-bond acceptors (Lipinski definition) is 3. The Hall–Kier alpha value is -3.08. The van der Waals surface area contributed by atoms with Crippen molar-refractivity contribution in [1.29, 1.82) is 0 Å². The molecule has 0 fully saturated rings. The minimum Gasteiger partial charge on any atom is -0.399 e. The van der Waals surface area contributed by atoms with Crippen molar-refractivity contribution in [1.82, 2.24) is 20.2 Å². The van der Waals surface area contributed by atoms with E-state index in [1.807, 2.05) is 48.8 Å². The summed E-state index contributed by atoms with van der Waals surface area (Å²) in [4.78, 5) is 7.45. The lowest BCUT2D eigenvalue weighted by molar-refractivity contribution is 1.10. The third-order valence-corrected chi connectivity index (χ3v) is 3.59. The van der Waals surface area contributed by atoms with E-state index in [9.17, 15) is 0 Å². The molecule has 21 heavy (non-hydrogen) atoms.